The van der Waals surface area contributed by atoms with Crippen LogP contribution in [0.1, 0.15) is 18.1 Å². The highest BCUT2D eigenvalue weighted by Gasteiger charge is 2.10. The molecule has 0 aliphatic heterocycles. The number of hydrogen-bond acceptors (Lipinski definition) is 3. The highest BCUT2D eigenvalue weighted by atomic mass is 35.5. The summed E-state index contributed by atoms with van der Waals surface area (Å²) in [6.45, 7) is 2.41. The quantitative estimate of drug-likeness (QED) is 0.830. The smallest absolute Gasteiger partial charge is 0.488 e. The van der Waals surface area contributed by atoms with Crippen LogP contribution in [0.15, 0.2) is 42.5 Å². The number of ether oxygens (including phenoxy) is 1. The van der Waals surface area contributed by atoms with Gasteiger partial charge < -0.3 is 14.8 Å². The molecule has 5 heteroatoms. The van der Waals surface area contributed by atoms with Gasteiger partial charge in [0.15, 0.2) is 0 Å². The Morgan fingerprint density at radius 3 is 2.65 bits per heavy atom. The van der Waals surface area contributed by atoms with Crippen LogP contribution in [-0.2, 0) is 13.0 Å². The zero-order valence-corrected chi connectivity index (χ0v) is 12.0. The van der Waals surface area contributed by atoms with Crippen molar-refractivity contribution >= 4 is 24.2 Å². The molecule has 0 unspecified atom stereocenters. The van der Waals surface area contributed by atoms with Crippen LogP contribution >= 0.6 is 11.6 Å². The van der Waals surface area contributed by atoms with E-state index in [0.717, 1.165) is 28.3 Å². The second kappa shape index (κ2) is 6.79. The van der Waals surface area contributed by atoms with E-state index in [0.29, 0.717) is 12.1 Å². The molecule has 0 saturated carbocycles. The van der Waals surface area contributed by atoms with Gasteiger partial charge in [-0.3, -0.25) is 0 Å². The van der Waals surface area contributed by atoms with Crippen LogP contribution in [0.4, 0.5) is 0 Å². The lowest BCUT2D eigenvalue weighted by Gasteiger charge is -2.09. The Morgan fingerprint density at radius 2 is 1.95 bits per heavy atom. The summed E-state index contributed by atoms with van der Waals surface area (Å²) in [4.78, 5) is 0. The zero-order chi connectivity index (χ0) is 14.5. The molecule has 0 fully saturated rings. The van der Waals surface area contributed by atoms with Crippen molar-refractivity contribution in [1.82, 2.24) is 0 Å². The van der Waals surface area contributed by atoms with Gasteiger partial charge in [0.05, 0.1) is 0 Å². The molecule has 0 amide bonds. The van der Waals surface area contributed by atoms with Crippen LogP contribution in [0.3, 0.4) is 0 Å². The Morgan fingerprint density at radius 1 is 1.15 bits per heavy atom. The van der Waals surface area contributed by atoms with E-state index in [2.05, 4.69) is 0 Å². The van der Waals surface area contributed by atoms with Crippen LogP contribution in [0, 0.1) is 0 Å². The van der Waals surface area contributed by atoms with E-state index in [4.69, 9.17) is 26.4 Å². The minimum atomic E-state index is -1.46. The maximum absolute atomic E-state index is 9.13. The fraction of sp³-hybridized carbons (Fsp3) is 0.200. The van der Waals surface area contributed by atoms with Crippen molar-refractivity contribution in [2.75, 3.05) is 0 Å². The highest BCUT2D eigenvalue weighted by Crippen LogP contribution is 2.23. The number of benzene rings is 2. The van der Waals surface area contributed by atoms with E-state index in [1.807, 2.05) is 31.2 Å². The van der Waals surface area contributed by atoms with E-state index in [1.165, 1.54) is 0 Å². The van der Waals surface area contributed by atoms with Crippen molar-refractivity contribution in [2.45, 2.75) is 20.0 Å². The molecule has 104 valence electrons. The molecular formula is C15H16BClO3. The Labute approximate surface area is 123 Å². The molecule has 0 heterocycles. The molecule has 0 saturated heterocycles. The summed E-state index contributed by atoms with van der Waals surface area (Å²) in [5, 5.41) is 19.0. The fourth-order valence-electron chi connectivity index (χ4n) is 1.92. The second-order valence-corrected chi connectivity index (χ2v) is 4.92. The van der Waals surface area contributed by atoms with Crippen molar-refractivity contribution in [3.05, 3.63) is 58.6 Å². The summed E-state index contributed by atoms with van der Waals surface area (Å²) in [6.07, 6.45) is 0.849. The van der Waals surface area contributed by atoms with Gasteiger partial charge in [-0.1, -0.05) is 42.8 Å². The maximum atomic E-state index is 9.13. The van der Waals surface area contributed by atoms with Crippen molar-refractivity contribution in [3.8, 4) is 5.75 Å². The van der Waals surface area contributed by atoms with Crippen molar-refractivity contribution in [1.29, 1.82) is 0 Å². The first-order valence-corrected chi connectivity index (χ1v) is 6.84. The lowest BCUT2D eigenvalue weighted by molar-refractivity contribution is 0.306. The zero-order valence-electron chi connectivity index (χ0n) is 11.2. The molecule has 0 aromatic heterocycles. The van der Waals surface area contributed by atoms with Gasteiger partial charge in [0.2, 0.25) is 0 Å². The van der Waals surface area contributed by atoms with E-state index in [1.54, 1.807) is 18.2 Å². The van der Waals surface area contributed by atoms with Crippen molar-refractivity contribution in [2.24, 2.45) is 0 Å². The first kappa shape index (κ1) is 14.9. The average Bonchev–Trinajstić information content (AvgIpc) is 2.46. The van der Waals surface area contributed by atoms with Gasteiger partial charge in [0.1, 0.15) is 12.4 Å². The van der Waals surface area contributed by atoms with Gasteiger partial charge in [-0.2, -0.15) is 0 Å². The molecule has 2 aromatic carbocycles. The van der Waals surface area contributed by atoms with Crippen LogP contribution in [0.5, 0.6) is 5.75 Å². The molecule has 2 N–H and O–H groups in total. The lowest BCUT2D eigenvalue weighted by atomic mass is 9.80. The van der Waals surface area contributed by atoms with Crippen molar-refractivity contribution in [3.63, 3.8) is 0 Å². The van der Waals surface area contributed by atoms with Crippen molar-refractivity contribution < 1.29 is 14.8 Å². The summed E-state index contributed by atoms with van der Waals surface area (Å²) in [7, 11) is -1.46. The summed E-state index contributed by atoms with van der Waals surface area (Å²) in [5.41, 5.74) is 2.38. The Hall–Kier alpha value is -1.49. The van der Waals surface area contributed by atoms with E-state index < -0.39 is 7.12 Å². The number of aryl methyl sites for hydroxylation is 1. The predicted octanol–water partition coefficient (Wildman–Crippen LogP) is 2.16. The third-order valence-corrected chi connectivity index (χ3v) is 3.42. The van der Waals surface area contributed by atoms with Gasteiger partial charge in [-0.15, -0.1) is 0 Å². The molecule has 2 rings (SSSR count). The van der Waals surface area contributed by atoms with Gasteiger partial charge in [0, 0.05) is 5.02 Å². The molecule has 0 aliphatic rings. The Kier molecular flexibility index (Phi) is 5.07. The normalized spacial score (nSPS) is 10.4. The molecule has 0 atom stereocenters. The van der Waals surface area contributed by atoms with E-state index in [9.17, 15) is 0 Å². The SMILES string of the molecule is CCc1cc(OCc2cccc(B(O)O)c2)ccc1Cl. The number of rotatable bonds is 5. The standard InChI is InChI=1S/C15H16BClO3/c1-2-12-9-14(6-7-15(12)17)20-10-11-4-3-5-13(8-11)16(18)19/h3-9,18-19H,2,10H2,1H3. The van der Waals surface area contributed by atoms with Gasteiger partial charge in [-0.25, -0.2) is 0 Å². The van der Waals surface area contributed by atoms with E-state index in [-0.39, 0.29) is 0 Å². The lowest BCUT2D eigenvalue weighted by Crippen LogP contribution is -2.29. The highest BCUT2D eigenvalue weighted by molar-refractivity contribution is 6.58. The van der Waals surface area contributed by atoms with E-state index >= 15 is 0 Å². The predicted molar refractivity (Wildman–Crippen MR) is 81.4 cm³/mol. The molecule has 0 bridgehead atoms. The van der Waals surface area contributed by atoms with Gasteiger partial charge in [-0.05, 0) is 41.2 Å². The second-order valence-electron chi connectivity index (χ2n) is 4.51. The largest absolute Gasteiger partial charge is 0.489 e. The number of hydrogen-bond donors (Lipinski definition) is 2. The Bertz CT molecular complexity index is 587. The first-order valence-electron chi connectivity index (χ1n) is 6.46. The Balaban J connectivity index is 2.07. The van der Waals surface area contributed by atoms with Crippen LogP contribution < -0.4 is 10.2 Å². The van der Waals surface area contributed by atoms with Crippen LogP contribution in [0.25, 0.3) is 0 Å². The molecule has 2 aromatic rings. The first-order chi connectivity index (χ1) is 9.60. The summed E-state index contributed by atoms with van der Waals surface area (Å²) >= 11 is 6.06. The maximum Gasteiger partial charge on any atom is 0.488 e. The van der Waals surface area contributed by atoms with Crippen LogP contribution in [-0.4, -0.2) is 17.2 Å². The molecule has 0 spiro atoms. The topological polar surface area (TPSA) is 49.7 Å². The molecule has 0 radical (unpaired) electrons. The summed E-state index contributed by atoms with van der Waals surface area (Å²) in [5.74, 6) is 0.751. The minimum absolute atomic E-state index is 0.366. The summed E-state index contributed by atoms with van der Waals surface area (Å²) in [6, 6.07) is 12.6. The average molecular weight is 291 g/mol. The third kappa shape index (κ3) is 3.76. The molecule has 3 nitrogen and oxygen atoms in total. The number of halogens is 1. The third-order valence-electron chi connectivity index (χ3n) is 3.05. The van der Waals surface area contributed by atoms with Crippen LogP contribution in [0.2, 0.25) is 5.02 Å². The van der Waals surface area contributed by atoms with Gasteiger partial charge >= 0.3 is 7.12 Å². The summed E-state index contributed by atoms with van der Waals surface area (Å²) < 4.78 is 5.70. The monoisotopic (exact) mass is 290 g/mol. The molecule has 20 heavy (non-hydrogen) atoms. The fourth-order valence-corrected chi connectivity index (χ4v) is 2.17. The molecule has 0 aliphatic carbocycles. The minimum Gasteiger partial charge on any atom is -0.489 e. The van der Waals surface area contributed by atoms with Gasteiger partial charge in [0.25, 0.3) is 0 Å². The molecular weight excluding hydrogens is 274 g/mol.